The van der Waals surface area contributed by atoms with Crippen LogP contribution >= 0.6 is 0 Å². The van der Waals surface area contributed by atoms with Crippen molar-refractivity contribution in [2.24, 2.45) is 22.7 Å². The van der Waals surface area contributed by atoms with Crippen LogP contribution in [0.4, 0.5) is 0 Å². The number of carbonyl (C=O) groups excluding carboxylic acids is 1. The molecule has 2 atom stereocenters. The standard InChI is InChI=1S/C15H30N4O/c1-11(2)14(20)17-6-7-18-15(16-5)19-9-12(3)8-13(4)10-19/h11-13H,6-10H2,1-5H3,(H,16,18)(H,17,20). The molecule has 1 rings (SSSR count). The maximum atomic E-state index is 11.5. The van der Waals surface area contributed by atoms with Crippen LogP contribution in [0.1, 0.15) is 34.1 Å². The predicted octanol–water partition coefficient (Wildman–Crippen LogP) is 1.31. The SMILES string of the molecule is CN=C(NCCNC(=O)C(C)C)N1CC(C)CC(C)C1. The average molecular weight is 282 g/mol. The molecule has 0 bridgehead atoms. The highest BCUT2D eigenvalue weighted by atomic mass is 16.1. The lowest BCUT2D eigenvalue weighted by Crippen LogP contribution is -2.49. The lowest BCUT2D eigenvalue weighted by atomic mass is 9.92. The van der Waals surface area contributed by atoms with E-state index in [9.17, 15) is 4.79 Å². The van der Waals surface area contributed by atoms with Crippen molar-refractivity contribution in [3.8, 4) is 0 Å². The van der Waals surface area contributed by atoms with Gasteiger partial charge in [0.25, 0.3) is 0 Å². The van der Waals surface area contributed by atoms with Crippen molar-refractivity contribution < 1.29 is 4.79 Å². The molecule has 0 aromatic rings. The summed E-state index contributed by atoms with van der Waals surface area (Å²) in [4.78, 5) is 18.1. The molecule has 2 unspecified atom stereocenters. The van der Waals surface area contributed by atoms with Gasteiger partial charge in [0.15, 0.2) is 5.96 Å². The molecule has 0 saturated carbocycles. The number of aliphatic imine (C=N–C) groups is 1. The minimum Gasteiger partial charge on any atom is -0.354 e. The van der Waals surface area contributed by atoms with E-state index in [0.29, 0.717) is 24.9 Å². The Morgan fingerprint density at radius 3 is 2.25 bits per heavy atom. The smallest absolute Gasteiger partial charge is 0.222 e. The summed E-state index contributed by atoms with van der Waals surface area (Å²) in [6.07, 6.45) is 1.29. The Bertz CT molecular complexity index is 331. The van der Waals surface area contributed by atoms with Crippen molar-refractivity contribution in [2.45, 2.75) is 34.1 Å². The van der Waals surface area contributed by atoms with E-state index in [0.717, 1.165) is 19.0 Å². The summed E-state index contributed by atoms with van der Waals surface area (Å²) in [5.41, 5.74) is 0. The van der Waals surface area contributed by atoms with Gasteiger partial charge in [-0.3, -0.25) is 9.79 Å². The van der Waals surface area contributed by atoms with E-state index in [1.165, 1.54) is 6.42 Å². The van der Waals surface area contributed by atoms with E-state index >= 15 is 0 Å². The summed E-state index contributed by atoms with van der Waals surface area (Å²) < 4.78 is 0. The van der Waals surface area contributed by atoms with Gasteiger partial charge in [0.2, 0.25) is 5.91 Å². The van der Waals surface area contributed by atoms with E-state index in [2.05, 4.69) is 34.4 Å². The zero-order valence-corrected chi connectivity index (χ0v) is 13.6. The molecule has 1 aliphatic heterocycles. The van der Waals surface area contributed by atoms with E-state index in [1.807, 2.05) is 20.9 Å². The number of nitrogens with zero attached hydrogens (tertiary/aromatic N) is 2. The molecular weight excluding hydrogens is 252 g/mol. The number of rotatable bonds is 4. The van der Waals surface area contributed by atoms with E-state index < -0.39 is 0 Å². The van der Waals surface area contributed by atoms with E-state index in [4.69, 9.17) is 0 Å². The number of hydrogen-bond acceptors (Lipinski definition) is 2. The van der Waals surface area contributed by atoms with Crippen LogP contribution in [-0.2, 0) is 4.79 Å². The molecule has 20 heavy (non-hydrogen) atoms. The number of piperidine rings is 1. The molecule has 1 saturated heterocycles. The van der Waals surface area contributed by atoms with Crippen molar-refractivity contribution in [3.63, 3.8) is 0 Å². The fourth-order valence-corrected chi connectivity index (χ4v) is 2.73. The van der Waals surface area contributed by atoms with Gasteiger partial charge < -0.3 is 15.5 Å². The topological polar surface area (TPSA) is 56.7 Å². The van der Waals surface area contributed by atoms with Crippen molar-refractivity contribution >= 4 is 11.9 Å². The van der Waals surface area contributed by atoms with Gasteiger partial charge in [-0.15, -0.1) is 0 Å². The summed E-state index contributed by atoms with van der Waals surface area (Å²) in [5.74, 6) is 2.50. The van der Waals surface area contributed by atoms with Gasteiger partial charge >= 0.3 is 0 Å². The number of hydrogen-bond donors (Lipinski definition) is 2. The van der Waals surface area contributed by atoms with Gasteiger partial charge in [0, 0.05) is 39.1 Å². The first kappa shape index (κ1) is 16.8. The van der Waals surface area contributed by atoms with Crippen molar-refractivity contribution in [2.75, 3.05) is 33.2 Å². The fraction of sp³-hybridized carbons (Fsp3) is 0.867. The highest BCUT2D eigenvalue weighted by molar-refractivity contribution is 5.80. The molecule has 2 N–H and O–H groups in total. The van der Waals surface area contributed by atoms with Gasteiger partial charge in [-0.1, -0.05) is 27.7 Å². The second-order valence-corrected chi connectivity index (χ2v) is 6.27. The van der Waals surface area contributed by atoms with Crippen molar-refractivity contribution in [1.82, 2.24) is 15.5 Å². The minimum absolute atomic E-state index is 0.0399. The molecule has 1 heterocycles. The molecule has 0 radical (unpaired) electrons. The van der Waals surface area contributed by atoms with E-state index in [-0.39, 0.29) is 11.8 Å². The number of likely N-dealkylation sites (tertiary alicyclic amines) is 1. The molecule has 116 valence electrons. The third-order valence-corrected chi connectivity index (χ3v) is 3.61. The zero-order chi connectivity index (χ0) is 15.1. The molecule has 0 aliphatic carbocycles. The normalized spacial score (nSPS) is 23.9. The van der Waals surface area contributed by atoms with Crippen LogP contribution in [-0.4, -0.2) is 50.0 Å². The van der Waals surface area contributed by atoms with Crippen LogP contribution in [0.3, 0.4) is 0 Å². The second kappa shape index (κ2) is 8.12. The molecule has 0 spiro atoms. The summed E-state index contributed by atoms with van der Waals surface area (Å²) in [5, 5.41) is 6.24. The fourth-order valence-electron chi connectivity index (χ4n) is 2.73. The third-order valence-electron chi connectivity index (χ3n) is 3.61. The van der Waals surface area contributed by atoms with Gasteiger partial charge in [-0.05, 0) is 18.3 Å². The first-order chi connectivity index (χ1) is 9.43. The second-order valence-electron chi connectivity index (χ2n) is 6.27. The van der Waals surface area contributed by atoms with Crippen molar-refractivity contribution in [3.05, 3.63) is 0 Å². The molecular formula is C15H30N4O. The van der Waals surface area contributed by atoms with Crippen LogP contribution in [0.15, 0.2) is 4.99 Å². The first-order valence-electron chi connectivity index (χ1n) is 7.67. The number of carbonyl (C=O) groups is 1. The van der Waals surface area contributed by atoms with Crippen LogP contribution in [0, 0.1) is 17.8 Å². The Balaban J connectivity index is 2.35. The lowest BCUT2D eigenvalue weighted by molar-refractivity contribution is -0.123. The Hall–Kier alpha value is -1.26. The molecule has 0 aromatic carbocycles. The monoisotopic (exact) mass is 282 g/mol. The molecule has 5 nitrogen and oxygen atoms in total. The average Bonchev–Trinajstić information content (AvgIpc) is 2.37. The number of guanidine groups is 1. The predicted molar refractivity (Wildman–Crippen MR) is 83.7 cm³/mol. The summed E-state index contributed by atoms with van der Waals surface area (Å²) >= 11 is 0. The Kier molecular flexibility index (Phi) is 6.82. The highest BCUT2D eigenvalue weighted by Gasteiger charge is 2.23. The van der Waals surface area contributed by atoms with Crippen LogP contribution in [0.25, 0.3) is 0 Å². The minimum atomic E-state index is 0.0399. The lowest BCUT2D eigenvalue weighted by Gasteiger charge is -2.37. The molecule has 1 fully saturated rings. The van der Waals surface area contributed by atoms with E-state index in [1.54, 1.807) is 0 Å². The Labute approximate surface area is 123 Å². The first-order valence-corrected chi connectivity index (χ1v) is 7.67. The van der Waals surface area contributed by atoms with Gasteiger partial charge in [0.1, 0.15) is 0 Å². The molecule has 0 aromatic heterocycles. The van der Waals surface area contributed by atoms with Crippen LogP contribution < -0.4 is 10.6 Å². The van der Waals surface area contributed by atoms with Gasteiger partial charge in [0.05, 0.1) is 0 Å². The van der Waals surface area contributed by atoms with Crippen LogP contribution in [0.2, 0.25) is 0 Å². The Morgan fingerprint density at radius 2 is 1.75 bits per heavy atom. The van der Waals surface area contributed by atoms with Crippen LogP contribution in [0.5, 0.6) is 0 Å². The zero-order valence-electron chi connectivity index (χ0n) is 13.6. The summed E-state index contributed by atoms with van der Waals surface area (Å²) in [7, 11) is 1.82. The summed E-state index contributed by atoms with van der Waals surface area (Å²) in [6.45, 7) is 11.8. The number of nitrogens with one attached hydrogen (secondary N) is 2. The van der Waals surface area contributed by atoms with Crippen molar-refractivity contribution in [1.29, 1.82) is 0 Å². The largest absolute Gasteiger partial charge is 0.354 e. The molecule has 1 amide bonds. The maximum Gasteiger partial charge on any atom is 0.222 e. The van der Waals surface area contributed by atoms with Gasteiger partial charge in [-0.25, -0.2) is 0 Å². The quantitative estimate of drug-likeness (QED) is 0.464. The third kappa shape index (κ3) is 5.39. The summed E-state index contributed by atoms with van der Waals surface area (Å²) in [6, 6.07) is 0. The maximum absolute atomic E-state index is 11.5. The molecule has 1 aliphatic rings. The molecule has 5 heteroatoms. The highest BCUT2D eigenvalue weighted by Crippen LogP contribution is 2.20. The number of amides is 1. The Morgan fingerprint density at radius 1 is 1.20 bits per heavy atom. The van der Waals surface area contributed by atoms with Gasteiger partial charge in [-0.2, -0.15) is 0 Å².